The van der Waals surface area contributed by atoms with Crippen LogP contribution in [0.5, 0.6) is 0 Å². The summed E-state index contributed by atoms with van der Waals surface area (Å²) in [5, 5.41) is 2.50. The van der Waals surface area contributed by atoms with E-state index in [4.69, 9.17) is 16.2 Å². The lowest BCUT2D eigenvalue weighted by Gasteiger charge is -2.19. The molecular weight excluding hydrogens is 317 g/mol. The number of primary amides is 1. The van der Waals surface area contributed by atoms with Crippen LogP contribution in [0.3, 0.4) is 0 Å². The fourth-order valence-electron chi connectivity index (χ4n) is 2.00. The number of carbonyl (C=O) groups excluding carboxylic acids is 3. The molecule has 1 unspecified atom stereocenters. The Balaban J connectivity index is 2.74. The van der Waals surface area contributed by atoms with Gasteiger partial charge in [-0.3, -0.25) is 9.59 Å². The van der Waals surface area contributed by atoms with Gasteiger partial charge >= 0.3 is 5.97 Å². The number of esters is 1. The standard InChI is InChI=1S/C16H22FN3O4/c1-2-24-16(23)13(9-10-3-5-11(17)6-4-10)20-15(22)12(18)7-8-14(19)21/h3-6,12-13H,2,7-9,18H2,1H3,(H2,19,21)(H,20,22)/t12?,13-/m0/s1. The highest BCUT2D eigenvalue weighted by Gasteiger charge is 2.25. The summed E-state index contributed by atoms with van der Waals surface area (Å²) >= 11 is 0. The third-order valence-corrected chi connectivity index (χ3v) is 3.28. The van der Waals surface area contributed by atoms with Crippen molar-refractivity contribution in [1.82, 2.24) is 5.32 Å². The molecule has 2 atom stereocenters. The average molecular weight is 339 g/mol. The fraction of sp³-hybridized carbons (Fsp3) is 0.438. The van der Waals surface area contributed by atoms with Crippen LogP contribution in [0.2, 0.25) is 0 Å². The van der Waals surface area contributed by atoms with Gasteiger partial charge < -0.3 is 21.5 Å². The van der Waals surface area contributed by atoms with Crippen LogP contribution < -0.4 is 16.8 Å². The molecule has 1 aromatic rings. The van der Waals surface area contributed by atoms with Crippen LogP contribution in [0, 0.1) is 5.82 Å². The zero-order valence-electron chi connectivity index (χ0n) is 13.5. The molecule has 0 aliphatic heterocycles. The van der Waals surface area contributed by atoms with Crippen LogP contribution in [-0.4, -0.2) is 36.5 Å². The molecular formula is C16H22FN3O4. The first-order valence-electron chi connectivity index (χ1n) is 7.58. The lowest BCUT2D eigenvalue weighted by Crippen LogP contribution is -2.50. The Kier molecular flexibility index (Phi) is 7.84. The third-order valence-electron chi connectivity index (χ3n) is 3.28. The summed E-state index contributed by atoms with van der Waals surface area (Å²) < 4.78 is 17.9. The van der Waals surface area contributed by atoms with Crippen LogP contribution in [0.1, 0.15) is 25.3 Å². The number of rotatable bonds is 9. The first kappa shape index (κ1) is 19.6. The smallest absolute Gasteiger partial charge is 0.328 e. The normalized spacial score (nSPS) is 13.0. The molecule has 0 saturated heterocycles. The maximum atomic E-state index is 13.0. The van der Waals surface area contributed by atoms with Gasteiger partial charge in [-0.05, 0) is 31.0 Å². The van der Waals surface area contributed by atoms with E-state index in [2.05, 4.69) is 5.32 Å². The second-order valence-corrected chi connectivity index (χ2v) is 5.26. The highest BCUT2D eigenvalue weighted by molar-refractivity contribution is 5.88. The minimum absolute atomic E-state index is 0.0311. The van der Waals surface area contributed by atoms with E-state index in [0.717, 1.165) is 0 Å². The summed E-state index contributed by atoms with van der Waals surface area (Å²) in [6.45, 7) is 1.80. The molecule has 0 aliphatic carbocycles. The number of nitrogens with one attached hydrogen (secondary N) is 1. The van der Waals surface area contributed by atoms with Crippen molar-refractivity contribution in [2.75, 3.05) is 6.61 Å². The summed E-state index contributed by atoms with van der Waals surface area (Å²) in [6, 6.07) is 3.63. The van der Waals surface area contributed by atoms with E-state index >= 15 is 0 Å². The second kappa shape index (κ2) is 9.61. The zero-order valence-corrected chi connectivity index (χ0v) is 13.5. The minimum atomic E-state index is -0.970. The largest absolute Gasteiger partial charge is 0.464 e. The molecule has 1 aromatic carbocycles. The Bertz CT molecular complexity index is 577. The van der Waals surface area contributed by atoms with Gasteiger partial charge in [0.1, 0.15) is 11.9 Å². The van der Waals surface area contributed by atoms with Crippen molar-refractivity contribution < 1.29 is 23.5 Å². The Hall–Kier alpha value is -2.48. The van der Waals surface area contributed by atoms with Gasteiger partial charge in [0, 0.05) is 12.8 Å². The van der Waals surface area contributed by atoms with Gasteiger partial charge in [-0.2, -0.15) is 0 Å². The maximum Gasteiger partial charge on any atom is 0.328 e. The van der Waals surface area contributed by atoms with Crippen molar-refractivity contribution in [1.29, 1.82) is 0 Å². The van der Waals surface area contributed by atoms with Crippen molar-refractivity contribution >= 4 is 17.8 Å². The van der Waals surface area contributed by atoms with Crippen LogP contribution in [0.15, 0.2) is 24.3 Å². The molecule has 8 heteroatoms. The molecule has 0 saturated carbocycles. The average Bonchev–Trinajstić information content (AvgIpc) is 2.54. The predicted octanol–water partition coefficient (Wildman–Crippen LogP) is 0.00890. The number of halogens is 1. The van der Waals surface area contributed by atoms with Gasteiger partial charge in [-0.1, -0.05) is 12.1 Å². The second-order valence-electron chi connectivity index (χ2n) is 5.26. The van der Waals surface area contributed by atoms with Crippen molar-refractivity contribution in [2.24, 2.45) is 11.5 Å². The molecule has 7 nitrogen and oxygen atoms in total. The Morgan fingerprint density at radius 3 is 2.42 bits per heavy atom. The lowest BCUT2D eigenvalue weighted by molar-refractivity contribution is -0.147. The van der Waals surface area contributed by atoms with E-state index in [1.165, 1.54) is 24.3 Å². The van der Waals surface area contributed by atoms with Gasteiger partial charge in [0.25, 0.3) is 0 Å². The van der Waals surface area contributed by atoms with Gasteiger partial charge in [0.05, 0.1) is 12.6 Å². The number of hydrogen-bond donors (Lipinski definition) is 3. The fourth-order valence-corrected chi connectivity index (χ4v) is 2.00. The summed E-state index contributed by atoms with van der Waals surface area (Å²) in [7, 11) is 0. The molecule has 1 rings (SSSR count). The van der Waals surface area contributed by atoms with Crippen molar-refractivity contribution in [3.8, 4) is 0 Å². The highest BCUT2D eigenvalue weighted by atomic mass is 19.1. The minimum Gasteiger partial charge on any atom is -0.464 e. The van der Waals surface area contributed by atoms with E-state index in [9.17, 15) is 18.8 Å². The van der Waals surface area contributed by atoms with Crippen molar-refractivity contribution in [2.45, 2.75) is 38.3 Å². The zero-order chi connectivity index (χ0) is 18.1. The van der Waals surface area contributed by atoms with Crippen LogP contribution in [0.4, 0.5) is 4.39 Å². The van der Waals surface area contributed by atoms with E-state index in [0.29, 0.717) is 5.56 Å². The number of amides is 2. The summed E-state index contributed by atoms with van der Waals surface area (Å²) in [5.41, 5.74) is 11.3. The topological polar surface area (TPSA) is 125 Å². The van der Waals surface area contributed by atoms with Gasteiger partial charge in [-0.15, -0.1) is 0 Å². The van der Waals surface area contributed by atoms with Crippen molar-refractivity contribution in [3.05, 3.63) is 35.6 Å². The van der Waals surface area contributed by atoms with Crippen LogP contribution >= 0.6 is 0 Å². The van der Waals surface area contributed by atoms with E-state index < -0.39 is 35.7 Å². The molecule has 0 spiro atoms. The first-order chi connectivity index (χ1) is 11.3. The lowest BCUT2D eigenvalue weighted by atomic mass is 10.0. The number of benzene rings is 1. The van der Waals surface area contributed by atoms with E-state index in [1.54, 1.807) is 6.92 Å². The molecule has 0 bridgehead atoms. The number of ether oxygens (including phenoxy) is 1. The third kappa shape index (κ3) is 6.74. The van der Waals surface area contributed by atoms with Crippen LogP contribution in [0.25, 0.3) is 0 Å². The van der Waals surface area contributed by atoms with E-state index in [-0.39, 0.29) is 25.9 Å². The van der Waals surface area contributed by atoms with Crippen molar-refractivity contribution in [3.63, 3.8) is 0 Å². The predicted molar refractivity (Wildman–Crippen MR) is 85.1 cm³/mol. The molecule has 24 heavy (non-hydrogen) atoms. The molecule has 0 aromatic heterocycles. The molecule has 0 fully saturated rings. The van der Waals surface area contributed by atoms with Crippen LogP contribution in [-0.2, 0) is 25.5 Å². The van der Waals surface area contributed by atoms with Gasteiger partial charge in [0.2, 0.25) is 11.8 Å². The van der Waals surface area contributed by atoms with E-state index in [1.807, 2.05) is 0 Å². The molecule has 0 heterocycles. The van der Waals surface area contributed by atoms with Gasteiger partial charge in [-0.25, -0.2) is 9.18 Å². The van der Waals surface area contributed by atoms with Gasteiger partial charge in [0.15, 0.2) is 0 Å². The summed E-state index contributed by atoms with van der Waals surface area (Å²) in [4.78, 5) is 34.8. The Morgan fingerprint density at radius 1 is 1.25 bits per heavy atom. The number of nitrogens with two attached hydrogens (primary N) is 2. The molecule has 5 N–H and O–H groups in total. The summed E-state index contributed by atoms with van der Waals surface area (Å²) in [6.07, 6.45) is 0.178. The molecule has 0 radical (unpaired) electrons. The quantitative estimate of drug-likeness (QED) is 0.547. The Labute approximate surface area is 139 Å². The molecule has 132 valence electrons. The SMILES string of the molecule is CCOC(=O)[C@H](Cc1ccc(F)cc1)NC(=O)C(N)CCC(N)=O. The monoisotopic (exact) mass is 339 g/mol. The molecule has 0 aliphatic rings. The maximum absolute atomic E-state index is 13.0. The number of carbonyl (C=O) groups is 3. The highest BCUT2D eigenvalue weighted by Crippen LogP contribution is 2.08. The Morgan fingerprint density at radius 2 is 1.88 bits per heavy atom. The first-order valence-corrected chi connectivity index (χ1v) is 7.58. The summed E-state index contributed by atoms with van der Waals surface area (Å²) in [5.74, 6) is -2.16. The molecule has 2 amide bonds. The number of hydrogen-bond acceptors (Lipinski definition) is 5.